The van der Waals surface area contributed by atoms with Crippen molar-refractivity contribution in [2.24, 2.45) is 16.5 Å². The van der Waals surface area contributed by atoms with Crippen LogP contribution in [0.25, 0.3) is 16.7 Å². The monoisotopic (exact) mass is 279 g/mol. The molecule has 2 heterocycles. The molecule has 0 bridgehead atoms. The van der Waals surface area contributed by atoms with Crippen LogP contribution in [0.1, 0.15) is 10.4 Å². The van der Waals surface area contributed by atoms with Crippen LogP contribution in [0, 0.1) is 0 Å². The van der Waals surface area contributed by atoms with Crippen molar-refractivity contribution in [2.45, 2.75) is 0 Å². The van der Waals surface area contributed by atoms with Crippen molar-refractivity contribution in [3.8, 4) is 5.82 Å². The summed E-state index contributed by atoms with van der Waals surface area (Å²) in [6.45, 7) is 0. The highest BCUT2D eigenvalue weighted by atomic mass is 16.1. The number of aromatic nitrogens is 2. The second-order valence-corrected chi connectivity index (χ2v) is 4.51. The van der Waals surface area contributed by atoms with E-state index < -0.39 is 5.91 Å². The van der Waals surface area contributed by atoms with E-state index in [-0.39, 0.29) is 5.96 Å². The zero-order valence-corrected chi connectivity index (χ0v) is 11.1. The molecular formula is C15H13N5O. The number of fused-ring (bicyclic) bond motifs is 1. The quantitative estimate of drug-likeness (QED) is 0.547. The van der Waals surface area contributed by atoms with Crippen LogP contribution in [0.2, 0.25) is 0 Å². The third-order valence-electron chi connectivity index (χ3n) is 3.02. The third-order valence-corrected chi connectivity index (χ3v) is 3.02. The van der Waals surface area contributed by atoms with E-state index in [4.69, 9.17) is 11.5 Å². The Morgan fingerprint density at radius 1 is 1.10 bits per heavy atom. The standard InChI is InChI=1S/C15H13N5O/c16-15(17)19-14(21)11-7-8-20(9-11)13-6-5-10-3-1-2-4-12(10)18-13/h1-9H,(H4,16,17,19,21). The Morgan fingerprint density at radius 3 is 2.71 bits per heavy atom. The Labute approximate surface area is 120 Å². The molecule has 104 valence electrons. The van der Waals surface area contributed by atoms with Crippen LogP contribution in [0.4, 0.5) is 0 Å². The molecule has 0 radical (unpaired) electrons. The van der Waals surface area contributed by atoms with Crippen LogP contribution < -0.4 is 11.5 Å². The summed E-state index contributed by atoms with van der Waals surface area (Å²) in [6, 6.07) is 13.3. The summed E-state index contributed by atoms with van der Waals surface area (Å²) in [4.78, 5) is 19.8. The highest BCUT2D eigenvalue weighted by molar-refractivity contribution is 6.01. The molecule has 3 aromatic rings. The number of nitrogens with zero attached hydrogens (tertiary/aromatic N) is 3. The molecular weight excluding hydrogens is 266 g/mol. The number of pyridine rings is 1. The van der Waals surface area contributed by atoms with E-state index in [1.54, 1.807) is 23.0 Å². The predicted molar refractivity (Wildman–Crippen MR) is 81.2 cm³/mol. The molecule has 0 aliphatic heterocycles. The summed E-state index contributed by atoms with van der Waals surface area (Å²) in [6.07, 6.45) is 3.39. The molecule has 0 aliphatic carbocycles. The first-order valence-electron chi connectivity index (χ1n) is 6.31. The molecule has 0 fully saturated rings. The average molecular weight is 279 g/mol. The number of hydrogen-bond donors (Lipinski definition) is 2. The molecule has 3 rings (SSSR count). The normalized spacial score (nSPS) is 10.5. The van der Waals surface area contributed by atoms with E-state index >= 15 is 0 Å². The van der Waals surface area contributed by atoms with Gasteiger partial charge in [0.25, 0.3) is 5.91 Å². The molecule has 0 unspecified atom stereocenters. The van der Waals surface area contributed by atoms with Crippen LogP contribution in [-0.2, 0) is 0 Å². The second kappa shape index (κ2) is 5.09. The Bertz CT molecular complexity index is 846. The lowest BCUT2D eigenvalue weighted by Crippen LogP contribution is -2.24. The predicted octanol–water partition coefficient (Wildman–Crippen LogP) is 1.44. The maximum absolute atomic E-state index is 11.7. The van der Waals surface area contributed by atoms with E-state index in [0.29, 0.717) is 5.56 Å². The number of guanidine groups is 1. The largest absolute Gasteiger partial charge is 0.370 e. The number of amides is 1. The number of para-hydroxylation sites is 1. The summed E-state index contributed by atoms with van der Waals surface area (Å²) in [5, 5.41) is 1.06. The van der Waals surface area contributed by atoms with E-state index in [9.17, 15) is 4.79 Å². The van der Waals surface area contributed by atoms with Crippen LogP contribution in [0.3, 0.4) is 0 Å². The molecule has 0 spiro atoms. The number of carbonyl (C=O) groups is 1. The Balaban J connectivity index is 1.98. The lowest BCUT2D eigenvalue weighted by molar-refractivity contribution is 0.100. The first-order valence-corrected chi connectivity index (χ1v) is 6.31. The number of aliphatic imine (C=N–C) groups is 1. The molecule has 0 saturated carbocycles. The minimum Gasteiger partial charge on any atom is -0.370 e. The number of benzene rings is 1. The Kier molecular flexibility index (Phi) is 3.12. The molecule has 1 aromatic carbocycles. The Hall–Kier alpha value is -3.15. The fraction of sp³-hybridized carbons (Fsp3) is 0. The molecule has 6 nitrogen and oxygen atoms in total. The molecule has 0 atom stereocenters. The number of carbonyl (C=O) groups excluding carboxylic acids is 1. The van der Waals surface area contributed by atoms with Crippen LogP contribution in [-0.4, -0.2) is 21.4 Å². The van der Waals surface area contributed by atoms with Crippen LogP contribution >= 0.6 is 0 Å². The molecule has 4 N–H and O–H groups in total. The van der Waals surface area contributed by atoms with E-state index in [2.05, 4.69) is 9.98 Å². The highest BCUT2D eigenvalue weighted by Crippen LogP contribution is 2.15. The van der Waals surface area contributed by atoms with E-state index in [0.717, 1.165) is 16.7 Å². The van der Waals surface area contributed by atoms with Gasteiger partial charge in [-0.3, -0.25) is 4.79 Å². The maximum Gasteiger partial charge on any atom is 0.281 e. The molecule has 0 saturated heterocycles. The second-order valence-electron chi connectivity index (χ2n) is 4.51. The molecule has 2 aromatic heterocycles. The van der Waals surface area contributed by atoms with E-state index in [1.165, 1.54) is 0 Å². The fourth-order valence-electron chi connectivity index (χ4n) is 2.05. The number of nitrogens with two attached hydrogens (primary N) is 2. The smallest absolute Gasteiger partial charge is 0.281 e. The van der Waals surface area contributed by atoms with Crippen molar-refractivity contribution in [3.63, 3.8) is 0 Å². The fourth-order valence-corrected chi connectivity index (χ4v) is 2.05. The van der Waals surface area contributed by atoms with Crippen molar-refractivity contribution >= 4 is 22.8 Å². The first-order chi connectivity index (χ1) is 10.1. The average Bonchev–Trinajstić information content (AvgIpc) is 2.96. The number of hydrogen-bond acceptors (Lipinski definition) is 2. The van der Waals surface area contributed by atoms with Gasteiger partial charge in [-0.05, 0) is 24.3 Å². The van der Waals surface area contributed by atoms with Crippen molar-refractivity contribution in [1.29, 1.82) is 0 Å². The van der Waals surface area contributed by atoms with E-state index in [1.807, 2.05) is 36.4 Å². The van der Waals surface area contributed by atoms with Crippen molar-refractivity contribution in [3.05, 3.63) is 60.4 Å². The van der Waals surface area contributed by atoms with Gasteiger partial charge in [0.15, 0.2) is 5.96 Å². The van der Waals surface area contributed by atoms with Crippen molar-refractivity contribution in [1.82, 2.24) is 9.55 Å². The summed E-state index contributed by atoms with van der Waals surface area (Å²) in [5.74, 6) is -0.0106. The summed E-state index contributed by atoms with van der Waals surface area (Å²) < 4.78 is 1.75. The molecule has 0 aliphatic rings. The maximum atomic E-state index is 11.7. The minimum absolute atomic E-state index is 0.253. The zero-order valence-electron chi connectivity index (χ0n) is 11.1. The highest BCUT2D eigenvalue weighted by Gasteiger charge is 2.08. The number of rotatable bonds is 2. The van der Waals surface area contributed by atoms with Gasteiger partial charge < -0.3 is 16.0 Å². The Morgan fingerprint density at radius 2 is 1.90 bits per heavy atom. The SMILES string of the molecule is NC(N)=NC(=O)c1ccn(-c2ccc3ccccc3n2)c1. The topological polar surface area (TPSA) is 99.3 Å². The van der Waals surface area contributed by atoms with Gasteiger partial charge in [-0.15, -0.1) is 0 Å². The van der Waals surface area contributed by atoms with Crippen molar-refractivity contribution < 1.29 is 4.79 Å². The molecule has 1 amide bonds. The van der Waals surface area contributed by atoms with Gasteiger partial charge in [-0.25, -0.2) is 4.98 Å². The van der Waals surface area contributed by atoms with Gasteiger partial charge in [0.2, 0.25) is 0 Å². The minimum atomic E-state index is -0.477. The van der Waals surface area contributed by atoms with Gasteiger partial charge in [0, 0.05) is 17.8 Å². The van der Waals surface area contributed by atoms with Gasteiger partial charge in [0.05, 0.1) is 11.1 Å². The summed E-state index contributed by atoms with van der Waals surface area (Å²) >= 11 is 0. The lowest BCUT2D eigenvalue weighted by Gasteiger charge is -2.03. The van der Waals surface area contributed by atoms with Gasteiger partial charge in [-0.1, -0.05) is 18.2 Å². The lowest BCUT2D eigenvalue weighted by atomic mass is 10.2. The summed E-state index contributed by atoms with van der Waals surface area (Å²) in [7, 11) is 0. The van der Waals surface area contributed by atoms with Crippen molar-refractivity contribution in [2.75, 3.05) is 0 Å². The molecule has 21 heavy (non-hydrogen) atoms. The first kappa shape index (κ1) is 12.9. The zero-order chi connectivity index (χ0) is 14.8. The van der Waals surface area contributed by atoms with Gasteiger partial charge in [0.1, 0.15) is 5.82 Å². The van der Waals surface area contributed by atoms with Crippen LogP contribution in [0.15, 0.2) is 59.9 Å². The van der Waals surface area contributed by atoms with Gasteiger partial charge in [-0.2, -0.15) is 4.99 Å². The van der Waals surface area contributed by atoms with Gasteiger partial charge >= 0.3 is 0 Å². The van der Waals surface area contributed by atoms with Crippen LogP contribution in [0.5, 0.6) is 0 Å². The molecule has 6 heteroatoms. The third kappa shape index (κ3) is 2.59. The summed E-state index contributed by atoms with van der Waals surface area (Å²) in [5.41, 5.74) is 11.7.